The summed E-state index contributed by atoms with van der Waals surface area (Å²) in [5.74, 6) is 0.443. The monoisotopic (exact) mass is 928 g/mol. The van der Waals surface area contributed by atoms with Gasteiger partial charge >= 0.3 is 0 Å². The van der Waals surface area contributed by atoms with Crippen LogP contribution in [0.25, 0.3) is 76.9 Å². The van der Waals surface area contributed by atoms with E-state index < -0.39 is 0 Å². The van der Waals surface area contributed by atoms with Crippen molar-refractivity contribution in [2.24, 2.45) is 0 Å². The van der Waals surface area contributed by atoms with Gasteiger partial charge in [0.05, 0.1) is 11.4 Å². The first kappa shape index (κ1) is 44.5. The lowest BCUT2D eigenvalue weighted by atomic mass is 9.86. The number of anilines is 6. The summed E-state index contributed by atoms with van der Waals surface area (Å²) in [7, 11) is 0. The molecule has 72 heavy (non-hydrogen) atoms. The Morgan fingerprint density at radius 1 is 0.347 bits per heavy atom. The first-order valence-electron chi connectivity index (χ1n) is 25.2. The van der Waals surface area contributed by atoms with Crippen molar-refractivity contribution in [3.05, 3.63) is 254 Å². The Hall–Kier alpha value is -8.66. The van der Waals surface area contributed by atoms with E-state index in [1.807, 2.05) is 0 Å². The van der Waals surface area contributed by atoms with E-state index in [0.717, 1.165) is 77.6 Å². The maximum absolute atomic E-state index is 6.86. The molecule has 11 aromatic carbocycles. The highest BCUT2D eigenvalue weighted by atomic mass is 16.3. The lowest BCUT2D eigenvalue weighted by Crippen LogP contribution is -2.12. The van der Waals surface area contributed by atoms with Crippen molar-refractivity contribution in [2.75, 3.05) is 9.80 Å². The third-order valence-electron chi connectivity index (χ3n) is 14.4. The normalized spacial score (nSPS) is 11.8. The maximum atomic E-state index is 6.86. The third-order valence-corrected chi connectivity index (χ3v) is 14.4. The fraction of sp³-hybridized carbons (Fsp3) is 0.101. The van der Waals surface area contributed by atoms with Gasteiger partial charge in [0, 0.05) is 44.6 Å². The zero-order valence-electron chi connectivity index (χ0n) is 41.5. The second kappa shape index (κ2) is 18.3. The number of hydrogen-bond donors (Lipinski definition) is 0. The standard InChI is InChI=1S/C69H56N2O/c1-46(2)47-26-34-57(35-27-47)70(65-22-14-12-20-61(65)50-18-10-7-11-19-50)59-38-30-52-42-63-64-43-53-31-39-60(41-55(53)45-68(64)72-67(63)44-54(52)40-59)71(58-36-28-49(29-37-58)48-16-8-6-9-17-48)66-23-15-13-21-62(66)51-24-32-56(33-25-51)69(3,4)5/h6-46H,1-5H3. The van der Waals surface area contributed by atoms with Crippen LogP contribution in [0.4, 0.5) is 34.1 Å². The first-order chi connectivity index (χ1) is 35.1. The number of para-hydroxylation sites is 2. The molecule has 3 nitrogen and oxygen atoms in total. The highest BCUT2D eigenvalue weighted by molar-refractivity contribution is 6.14. The average Bonchev–Trinajstić information content (AvgIpc) is 3.76. The topological polar surface area (TPSA) is 19.6 Å². The fourth-order valence-corrected chi connectivity index (χ4v) is 10.4. The summed E-state index contributed by atoms with van der Waals surface area (Å²) in [4.78, 5) is 4.79. The minimum Gasteiger partial charge on any atom is -0.456 e. The van der Waals surface area contributed by atoms with Crippen LogP contribution in [-0.2, 0) is 5.41 Å². The highest BCUT2D eigenvalue weighted by Gasteiger charge is 2.22. The lowest BCUT2D eigenvalue weighted by molar-refractivity contribution is 0.590. The molecular weight excluding hydrogens is 873 g/mol. The fourth-order valence-electron chi connectivity index (χ4n) is 10.4. The van der Waals surface area contributed by atoms with E-state index in [1.54, 1.807) is 0 Å². The van der Waals surface area contributed by atoms with E-state index in [9.17, 15) is 0 Å². The van der Waals surface area contributed by atoms with Crippen molar-refractivity contribution < 1.29 is 4.42 Å². The Kier molecular flexibility index (Phi) is 11.3. The average molecular weight is 929 g/mol. The van der Waals surface area contributed by atoms with Crippen LogP contribution in [-0.4, -0.2) is 0 Å². The predicted octanol–water partition coefficient (Wildman–Crippen LogP) is 20.3. The van der Waals surface area contributed by atoms with Crippen molar-refractivity contribution in [1.82, 2.24) is 0 Å². The van der Waals surface area contributed by atoms with Gasteiger partial charge < -0.3 is 14.2 Å². The highest BCUT2D eigenvalue weighted by Crippen LogP contribution is 2.46. The van der Waals surface area contributed by atoms with Gasteiger partial charge in [0.2, 0.25) is 0 Å². The molecule has 0 aliphatic heterocycles. The summed E-state index contributed by atoms with van der Waals surface area (Å²) < 4.78 is 6.86. The van der Waals surface area contributed by atoms with Gasteiger partial charge in [-0.05, 0) is 151 Å². The summed E-state index contributed by atoms with van der Waals surface area (Å²) in [5, 5.41) is 6.77. The van der Waals surface area contributed by atoms with Crippen molar-refractivity contribution >= 4 is 77.6 Å². The molecule has 348 valence electrons. The van der Waals surface area contributed by atoms with Crippen molar-refractivity contribution in [2.45, 2.75) is 46.0 Å². The molecule has 0 saturated heterocycles. The third kappa shape index (κ3) is 8.37. The summed E-state index contributed by atoms with van der Waals surface area (Å²) in [5.41, 5.74) is 18.1. The van der Waals surface area contributed by atoms with Crippen LogP contribution >= 0.6 is 0 Å². The molecule has 3 heteroatoms. The van der Waals surface area contributed by atoms with E-state index in [4.69, 9.17) is 4.42 Å². The van der Waals surface area contributed by atoms with Crippen LogP contribution in [0.1, 0.15) is 51.7 Å². The predicted molar refractivity (Wildman–Crippen MR) is 307 cm³/mol. The zero-order valence-corrected chi connectivity index (χ0v) is 41.5. The van der Waals surface area contributed by atoms with Crippen LogP contribution in [0.5, 0.6) is 0 Å². The molecule has 1 aromatic heterocycles. The van der Waals surface area contributed by atoms with Gasteiger partial charge in [-0.1, -0.05) is 192 Å². The second-order valence-corrected chi connectivity index (χ2v) is 20.4. The summed E-state index contributed by atoms with van der Waals surface area (Å²) in [6.45, 7) is 11.3. The number of fused-ring (bicyclic) bond motifs is 5. The van der Waals surface area contributed by atoms with Crippen molar-refractivity contribution in [3.8, 4) is 33.4 Å². The van der Waals surface area contributed by atoms with Crippen LogP contribution in [0, 0.1) is 0 Å². The van der Waals surface area contributed by atoms with Crippen molar-refractivity contribution in [3.63, 3.8) is 0 Å². The molecule has 0 atom stereocenters. The van der Waals surface area contributed by atoms with Crippen LogP contribution < -0.4 is 9.80 Å². The summed E-state index contributed by atoms with van der Waals surface area (Å²) >= 11 is 0. The molecule has 0 N–H and O–H groups in total. The number of furan rings is 1. The van der Waals surface area contributed by atoms with E-state index >= 15 is 0 Å². The van der Waals surface area contributed by atoms with E-state index in [1.165, 1.54) is 44.5 Å². The minimum absolute atomic E-state index is 0.0664. The van der Waals surface area contributed by atoms with Gasteiger partial charge in [0.15, 0.2) is 0 Å². The number of benzene rings is 11. The first-order valence-corrected chi connectivity index (χ1v) is 25.2. The summed E-state index contributed by atoms with van der Waals surface area (Å²) in [6.07, 6.45) is 0. The molecule has 0 aliphatic rings. The quantitative estimate of drug-likeness (QED) is 0.136. The zero-order chi connectivity index (χ0) is 48.9. The van der Waals surface area contributed by atoms with Gasteiger partial charge in [-0.3, -0.25) is 0 Å². The number of nitrogens with zero attached hydrogens (tertiary/aromatic N) is 2. The van der Waals surface area contributed by atoms with Gasteiger partial charge in [-0.2, -0.15) is 0 Å². The maximum Gasteiger partial charge on any atom is 0.136 e. The van der Waals surface area contributed by atoms with Crippen LogP contribution in [0.15, 0.2) is 247 Å². The Morgan fingerprint density at radius 3 is 1.24 bits per heavy atom. The molecule has 12 rings (SSSR count). The molecule has 0 bridgehead atoms. The Labute approximate surface area is 422 Å². The minimum atomic E-state index is 0.0664. The van der Waals surface area contributed by atoms with Crippen molar-refractivity contribution in [1.29, 1.82) is 0 Å². The molecule has 1 heterocycles. The molecule has 0 fully saturated rings. The molecule has 0 radical (unpaired) electrons. The van der Waals surface area contributed by atoms with E-state index in [0.29, 0.717) is 5.92 Å². The molecule has 0 spiro atoms. The molecule has 0 unspecified atom stereocenters. The van der Waals surface area contributed by atoms with Gasteiger partial charge in [0.25, 0.3) is 0 Å². The van der Waals surface area contributed by atoms with Gasteiger partial charge in [-0.25, -0.2) is 0 Å². The Morgan fingerprint density at radius 2 is 0.750 bits per heavy atom. The molecule has 0 saturated carbocycles. The molecular formula is C69H56N2O. The van der Waals surface area contributed by atoms with E-state index in [2.05, 4.69) is 287 Å². The molecule has 0 amide bonds. The van der Waals surface area contributed by atoms with Gasteiger partial charge in [0.1, 0.15) is 11.2 Å². The molecule has 0 aliphatic carbocycles. The van der Waals surface area contributed by atoms with Crippen LogP contribution in [0.3, 0.4) is 0 Å². The largest absolute Gasteiger partial charge is 0.456 e. The molecule has 12 aromatic rings. The number of hydrogen-bond acceptors (Lipinski definition) is 3. The van der Waals surface area contributed by atoms with Gasteiger partial charge in [-0.15, -0.1) is 0 Å². The Balaban J connectivity index is 0.961. The lowest BCUT2D eigenvalue weighted by Gasteiger charge is -2.28. The number of rotatable bonds is 10. The second-order valence-electron chi connectivity index (χ2n) is 20.4. The Bertz CT molecular complexity index is 3900. The smallest absolute Gasteiger partial charge is 0.136 e. The summed E-state index contributed by atoms with van der Waals surface area (Å²) in [6, 6.07) is 88.5. The van der Waals surface area contributed by atoms with E-state index in [-0.39, 0.29) is 5.41 Å². The SMILES string of the molecule is CC(C)c1ccc(N(c2ccc3cc4c(cc3c2)oc2cc3cc(N(c5ccc(-c6ccccc6)cc5)c5ccccc5-c5ccc(C(C)(C)C)cc5)ccc3cc24)c2ccccc2-c2ccccc2)cc1. The van der Waals surface area contributed by atoms with Crippen LogP contribution in [0.2, 0.25) is 0 Å².